The highest BCUT2D eigenvalue weighted by Gasteiger charge is 2.45. The van der Waals surface area contributed by atoms with E-state index >= 15 is 0 Å². The molecule has 35 heavy (non-hydrogen) atoms. The third-order valence-electron chi connectivity index (χ3n) is 4.35. The Labute approximate surface area is 213 Å². The van der Waals surface area contributed by atoms with Crippen LogP contribution in [0.15, 0.2) is 103 Å². The number of allylic oxidation sites excluding steroid dienone is 1. The first-order valence-corrected chi connectivity index (χ1v) is 13.1. The van der Waals surface area contributed by atoms with Gasteiger partial charge >= 0.3 is 0 Å². The van der Waals surface area contributed by atoms with Crippen LogP contribution in [0, 0.1) is 0 Å². The number of benzene rings is 3. The molecule has 0 heterocycles. The zero-order valence-electron chi connectivity index (χ0n) is 21.0. The molecule has 0 aromatic heterocycles. The lowest BCUT2D eigenvalue weighted by Crippen LogP contribution is -2.33. The molecule has 190 valence electrons. The Balaban J connectivity index is 0. The summed E-state index contributed by atoms with van der Waals surface area (Å²) in [6, 6.07) is 32.3. The van der Waals surface area contributed by atoms with Crippen molar-refractivity contribution in [3.05, 3.63) is 103 Å². The fourth-order valence-electron chi connectivity index (χ4n) is 3.05. The van der Waals surface area contributed by atoms with Crippen molar-refractivity contribution in [3.8, 4) is 0 Å². The van der Waals surface area contributed by atoms with Crippen LogP contribution in [0.5, 0.6) is 0 Å². The summed E-state index contributed by atoms with van der Waals surface area (Å²) in [7, 11) is 1.64. The van der Waals surface area contributed by atoms with E-state index in [-0.39, 0.29) is 7.43 Å². The molecule has 0 aliphatic carbocycles. The molecule has 0 radical (unpaired) electrons. The molecule has 0 bridgehead atoms. The third kappa shape index (κ3) is 12.3. The van der Waals surface area contributed by atoms with Gasteiger partial charge in [0.25, 0.3) is 0 Å². The zero-order chi connectivity index (χ0) is 25.5. The van der Waals surface area contributed by atoms with Gasteiger partial charge in [-0.3, -0.25) is 0 Å². The van der Waals surface area contributed by atoms with Gasteiger partial charge in [-0.25, -0.2) is 0 Å². The first-order chi connectivity index (χ1) is 16.6. The predicted octanol–water partition coefficient (Wildman–Crippen LogP) is 6.19. The SMILES string of the molecule is C.CC=COC.CC=O.CCC=O.COC[P+](c1ccccc1)(c1ccccc1)c1ccccc1. The average Bonchev–Trinajstić information content (AvgIpc) is 2.90. The summed E-state index contributed by atoms with van der Waals surface area (Å²) in [5.41, 5.74) is 0. The molecule has 0 aliphatic heterocycles. The lowest BCUT2D eigenvalue weighted by molar-refractivity contribution is -0.107. The summed E-state index contributed by atoms with van der Waals surface area (Å²) in [4.78, 5) is 18.0. The summed E-state index contributed by atoms with van der Waals surface area (Å²) in [6.07, 6.45) is 6.44. The molecular weight excluding hydrogens is 455 g/mol. The number of ether oxygens (including phenoxy) is 2. The van der Waals surface area contributed by atoms with Crippen molar-refractivity contribution in [1.29, 1.82) is 0 Å². The Bertz CT molecular complexity index is 801. The molecule has 0 aliphatic rings. The molecule has 0 unspecified atom stereocenters. The molecule has 4 nitrogen and oxygen atoms in total. The highest BCUT2D eigenvalue weighted by Crippen LogP contribution is 2.54. The Morgan fingerprint density at radius 3 is 1.20 bits per heavy atom. The monoisotopic (exact) mass is 497 g/mol. The molecule has 0 N–H and O–H groups in total. The minimum atomic E-state index is -1.78. The number of aldehydes is 2. The summed E-state index contributed by atoms with van der Waals surface area (Å²) in [6.45, 7) is 5.16. The second-order valence-electron chi connectivity index (χ2n) is 6.75. The molecule has 3 rings (SSSR count). The maximum Gasteiger partial charge on any atom is 0.170 e. The van der Waals surface area contributed by atoms with Crippen LogP contribution in [0.2, 0.25) is 0 Å². The van der Waals surface area contributed by atoms with Crippen LogP contribution in [0.3, 0.4) is 0 Å². The standard InChI is InChI=1S/C20H20OP.C4H8O.C3H6O.C2H4O.CH4/c1-21-17-22(18-11-5-2-6-12-18,19-13-7-3-8-14-19)20-15-9-4-10-16-20;1-3-4-5-2;1-2-3-4;1-2-3;/h2-16H,17H2,1H3;3-4H,1-2H3;3H,2H2,1H3;2H,1H3;1H4/q+1;;;;. The van der Waals surface area contributed by atoms with Crippen LogP contribution in [-0.2, 0) is 19.1 Å². The Hall–Kier alpha value is -3.07. The number of hydrogen-bond donors (Lipinski definition) is 0. The Morgan fingerprint density at radius 1 is 0.714 bits per heavy atom. The topological polar surface area (TPSA) is 52.6 Å². The minimum absolute atomic E-state index is 0. The summed E-state index contributed by atoms with van der Waals surface area (Å²) in [5.74, 6) is 0. The summed E-state index contributed by atoms with van der Waals surface area (Å²) >= 11 is 0. The van der Waals surface area contributed by atoms with Gasteiger partial charge in [0.2, 0.25) is 0 Å². The molecule has 0 fully saturated rings. The van der Waals surface area contributed by atoms with E-state index in [9.17, 15) is 4.79 Å². The fourth-order valence-corrected chi connectivity index (χ4v) is 6.82. The van der Waals surface area contributed by atoms with Gasteiger partial charge in [0.15, 0.2) is 6.35 Å². The van der Waals surface area contributed by atoms with Crippen molar-refractivity contribution in [3.63, 3.8) is 0 Å². The third-order valence-corrected chi connectivity index (χ3v) is 8.54. The Kier molecular flexibility index (Phi) is 22.1. The maximum atomic E-state index is 9.17. The first-order valence-electron chi connectivity index (χ1n) is 11.1. The highest BCUT2D eigenvalue weighted by atomic mass is 31.2. The largest absolute Gasteiger partial charge is 0.505 e. The molecular formula is C30H42O4P+. The van der Waals surface area contributed by atoms with Crippen LogP contribution in [0.1, 0.15) is 34.6 Å². The fraction of sp³-hybridized carbons (Fsp3) is 0.267. The smallest absolute Gasteiger partial charge is 0.170 e. The van der Waals surface area contributed by atoms with E-state index in [1.165, 1.54) is 22.8 Å². The zero-order valence-corrected chi connectivity index (χ0v) is 21.9. The van der Waals surface area contributed by atoms with Gasteiger partial charge in [-0.1, -0.05) is 75.0 Å². The molecule has 3 aromatic rings. The van der Waals surface area contributed by atoms with Crippen molar-refractivity contribution in [2.45, 2.75) is 34.6 Å². The van der Waals surface area contributed by atoms with Crippen LogP contribution in [-0.4, -0.2) is 33.1 Å². The predicted molar refractivity (Wildman–Crippen MR) is 154 cm³/mol. The lowest BCUT2D eigenvalue weighted by atomic mass is 10.4. The maximum absolute atomic E-state index is 9.17. The van der Waals surface area contributed by atoms with Crippen molar-refractivity contribution in [2.24, 2.45) is 0 Å². The molecule has 0 amide bonds. The van der Waals surface area contributed by atoms with Gasteiger partial charge in [0, 0.05) is 13.5 Å². The van der Waals surface area contributed by atoms with Crippen LogP contribution in [0.4, 0.5) is 0 Å². The van der Waals surface area contributed by atoms with Gasteiger partial charge in [-0.15, -0.1) is 0 Å². The van der Waals surface area contributed by atoms with Gasteiger partial charge in [-0.2, -0.15) is 0 Å². The molecule has 0 saturated heterocycles. The highest BCUT2D eigenvalue weighted by molar-refractivity contribution is 7.95. The van der Waals surface area contributed by atoms with Crippen LogP contribution >= 0.6 is 7.26 Å². The quantitative estimate of drug-likeness (QED) is 0.222. The summed E-state index contributed by atoms with van der Waals surface area (Å²) < 4.78 is 10.2. The van der Waals surface area contributed by atoms with E-state index in [0.717, 1.165) is 12.6 Å². The molecule has 3 aromatic carbocycles. The number of methoxy groups -OCH3 is 2. The molecule has 0 saturated carbocycles. The van der Waals surface area contributed by atoms with E-state index in [1.54, 1.807) is 20.5 Å². The molecule has 5 heteroatoms. The average molecular weight is 498 g/mol. The number of rotatable bonds is 7. The van der Waals surface area contributed by atoms with E-state index in [0.29, 0.717) is 12.8 Å². The van der Waals surface area contributed by atoms with E-state index in [1.807, 2.05) is 19.9 Å². The Morgan fingerprint density at radius 2 is 1.03 bits per heavy atom. The van der Waals surface area contributed by atoms with Crippen molar-refractivity contribution in [2.75, 3.05) is 20.6 Å². The van der Waals surface area contributed by atoms with E-state index in [2.05, 4.69) is 95.7 Å². The first kappa shape index (κ1) is 34.1. The van der Waals surface area contributed by atoms with E-state index < -0.39 is 7.26 Å². The van der Waals surface area contributed by atoms with Gasteiger partial charge in [0.05, 0.1) is 13.4 Å². The van der Waals surface area contributed by atoms with Crippen LogP contribution < -0.4 is 15.9 Å². The minimum Gasteiger partial charge on any atom is -0.505 e. The molecule has 0 atom stereocenters. The van der Waals surface area contributed by atoms with Gasteiger partial charge in [0.1, 0.15) is 35.7 Å². The second kappa shape index (κ2) is 22.7. The van der Waals surface area contributed by atoms with Crippen molar-refractivity contribution >= 4 is 35.7 Å². The van der Waals surface area contributed by atoms with Gasteiger partial charge in [-0.05, 0) is 50.2 Å². The second-order valence-corrected chi connectivity index (χ2v) is 10.2. The van der Waals surface area contributed by atoms with E-state index in [4.69, 9.17) is 9.53 Å². The van der Waals surface area contributed by atoms with Crippen molar-refractivity contribution < 1.29 is 19.1 Å². The summed E-state index contributed by atoms with van der Waals surface area (Å²) in [5, 5.41) is 4.07. The number of carbonyl (C=O) groups is 2. The normalized spacial score (nSPS) is 9.51. The van der Waals surface area contributed by atoms with Crippen molar-refractivity contribution in [1.82, 2.24) is 0 Å². The molecule has 0 spiro atoms. The lowest BCUT2D eigenvalue weighted by Gasteiger charge is -2.26. The number of carbonyl (C=O) groups excluding carboxylic acids is 2. The van der Waals surface area contributed by atoms with Gasteiger partial charge < -0.3 is 19.1 Å². The number of hydrogen-bond acceptors (Lipinski definition) is 4. The van der Waals surface area contributed by atoms with Crippen LogP contribution in [0.25, 0.3) is 0 Å².